The minimum absolute atomic E-state index is 0.101. The molecule has 0 aromatic heterocycles. The molecule has 0 bridgehead atoms. The van der Waals surface area contributed by atoms with E-state index < -0.39 is 0 Å². The Labute approximate surface area is 160 Å². The van der Waals surface area contributed by atoms with E-state index in [1.54, 1.807) is 24.3 Å². The van der Waals surface area contributed by atoms with Gasteiger partial charge in [-0.3, -0.25) is 9.69 Å². The lowest BCUT2D eigenvalue weighted by Gasteiger charge is -2.35. The number of carbonyl (C=O) groups excluding carboxylic acids is 1. The Morgan fingerprint density at radius 1 is 1.19 bits per heavy atom. The van der Waals surface area contributed by atoms with Crippen LogP contribution in [0.3, 0.4) is 0 Å². The van der Waals surface area contributed by atoms with E-state index in [4.69, 9.17) is 16.3 Å². The van der Waals surface area contributed by atoms with Gasteiger partial charge in [0.05, 0.1) is 19.3 Å². The minimum Gasteiger partial charge on any atom is -0.379 e. The maximum absolute atomic E-state index is 12.5. The zero-order valence-corrected chi connectivity index (χ0v) is 15.8. The van der Waals surface area contributed by atoms with E-state index in [0.717, 1.165) is 32.7 Å². The Bertz CT molecular complexity index is 727. The van der Waals surface area contributed by atoms with E-state index in [9.17, 15) is 4.79 Å². The van der Waals surface area contributed by atoms with Gasteiger partial charge in [-0.2, -0.15) is 0 Å². The van der Waals surface area contributed by atoms with Crippen LogP contribution in [0.4, 0.5) is 0 Å². The average Bonchev–Trinajstić information content (AvgIpc) is 2.69. The summed E-state index contributed by atoms with van der Waals surface area (Å²) in [6, 6.07) is 15.8. The summed E-state index contributed by atoms with van der Waals surface area (Å²) in [5.74, 6) is -0.101. The number of benzene rings is 2. The molecule has 1 aliphatic rings. The van der Waals surface area contributed by atoms with Crippen molar-refractivity contribution >= 4 is 17.5 Å². The van der Waals surface area contributed by atoms with Crippen molar-refractivity contribution in [3.05, 3.63) is 70.2 Å². The summed E-state index contributed by atoms with van der Waals surface area (Å²) in [7, 11) is 0. The Kier molecular flexibility index (Phi) is 6.67. The second-order valence-electron chi connectivity index (χ2n) is 6.48. The van der Waals surface area contributed by atoms with Gasteiger partial charge in [0.25, 0.3) is 5.91 Å². The van der Waals surface area contributed by atoms with Crippen LogP contribution in [0.1, 0.15) is 34.5 Å². The van der Waals surface area contributed by atoms with Gasteiger partial charge in [0, 0.05) is 30.2 Å². The van der Waals surface area contributed by atoms with Crippen LogP contribution in [0.15, 0.2) is 48.5 Å². The molecule has 1 N–H and O–H groups in total. The number of amides is 1. The molecule has 1 aliphatic heterocycles. The van der Waals surface area contributed by atoms with Crippen LogP contribution >= 0.6 is 11.6 Å². The monoisotopic (exact) mass is 372 g/mol. The van der Waals surface area contributed by atoms with Gasteiger partial charge in [-0.1, -0.05) is 48.9 Å². The van der Waals surface area contributed by atoms with Crippen LogP contribution in [0.25, 0.3) is 0 Å². The number of carbonyl (C=O) groups is 1. The van der Waals surface area contributed by atoms with Crippen LogP contribution in [-0.4, -0.2) is 43.7 Å². The fraction of sp³-hybridized carbons (Fsp3) is 0.381. The van der Waals surface area contributed by atoms with Gasteiger partial charge in [0.1, 0.15) is 0 Å². The highest BCUT2D eigenvalue weighted by Crippen LogP contribution is 2.22. The van der Waals surface area contributed by atoms with Gasteiger partial charge in [-0.15, -0.1) is 0 Å². The predicted molar refractivity (Wildman–Crippen MR) is 105 cm³/mol. The Hall–Kier alpha value is -1.88. The fourth-order valence-corrected chi connectivity index (χ4v) is 3.43. The second-order valence-corrected chi connectivity index (χ2v) is 6.92. The number of nitrogens with zero attached hydrogens (tertiary/aromatic N) is 1. The molecule has 0 spiro atoms. The molecule has 2 aromatic carbocycles. The number of hydrogen-bond acceptors (Lipinski definition) is 3. The van der Waals surface area contributed by atoms with E-state index in [1.807, 2.05) is 0 Å². The van der Waals surface area contributed by atoms with E-state index >= 15 is 0 Å². The molecule has 1 atom stereocenters. The second kappa shape index (κ2) is 9.17. The minimum atomic E-state index is -0.101. The van der Waals surface area contributed by atoms with Crippen molar-refractivity contribution in [1.82, 2.24) is 10.2 Å². The third-order valence-electron chi connectivity index (χ3n) is 4.80. The number of ether oxygens (including phenoxy) is 1. The molecule has 1 unspecified atom stereocenters. The van der Waals surface area contributed by atoms with Crippen LogP contribution in [-0.2, 0) is 11.2 Å². The lowest BCUT2D eigenvalue weighted by atomic mass is 10.0. The third-order valence-corrected chi connectivity index (χ3v) is 5.04. The smallest absolute Gasteiger partial charge is 0.251 e. The number of hydrogen-bond donors (Lipinski definition) is 1. The number of aryl methyl sites for hydroxylation is 1. The van der Waals surface area contributed by atoms with Gasteiger partial charge in [0.2, 0.25) is 0 Å². The summed E-state index contributed by atoms with van der Waals surface area (Å²) in [4.78, 5) is 14.9. The molecule has 1 fully saturated rings. The highest BCUT2D eigenvalue weighted by molar-refractivity contribution is 6.30. The lowest BCUT2D eigenvalue weighted by molar-refractivity contribution is 0.0162. The van der Waals surface area contributed by atoms with Crippen LogP contribution in [0.2, 0.25) is 5.02 Å². The lowest BCUT2D eigenvalue weighted by Crippen LogP contribution is -2.43. The maximum Gasteiger partial charge on any atom is 0.251 e. The van der Waals surface area contributed by atoms with Gasteiger partial charge in [-0.05, 0) is 35.7 Å². The van der Waals surface area contributed by atoms with Gasteiger partial charge < -0.3 is 10.1 Å². The molecule has 3 rings (SSSR count). The van der Waals surface area contributed by atoms with Crippen molar-refractivity contribution in [2.45, 2.75) is 19.4 Å². The fourth-order valence-electron chi connectivity index (χ4n) is 3.24. The number of halogens is 1. The van der Waals surface area contributed by atoms with E-state index in [0.29, 0.717) is 17.1 Å². The largest absolute Gasteiger partial charge is 0.379 e. The number of nitrogens with one attached hydrogen (secondary N) is 1. The van der Waals surface area contributed by atoms with E-state index in [1.165, 1.54) is 11.1 Å². The van der Waals surface area contributed by atoms with E-state index in [2.05, 4.69) is 41.4 Å². The van der Waals surface area contributed by atoms with Crippen molar-refractivity contribution in [1.29, 1.82) is 0 Å². The predicted octanol–water partition coefficient (Wildman–Crippen LogP) is 3.71. The third kappa shape index (κ3) is 4.85. The first-order chi connectivity index (χ1) is 12.7. The SMILES string of the molecule is CCc1ccc(C(CNC(=O)c2cccc(Cl)c2)N2CCOCC2)cc1. The molecule has 138 valence electrons. The van der Waals surface area contributed by atoms with Gasteiger partial charge in [0.15, 0.2) is 0 Å². The van der Waals surface area contributed by atoms with Gasteiger partial charge >= 0.3 is 0 Å². The van der Waals surface area contributed by atoms with Crippen molar-refractivity contribution in [3.63, 3.8) is 0 Å². The van der Waals surface area contributed by atoms with Crippen molar-refractivity contribution in [2.75, 3.05) is 32.8 Å². The number of morpholine rings is 1. The number of rotatable bonds is 6. The Morgan fingerprint density at radius 3 is 2.58 bits per heavy atom. The maximum atomic E-state index is 12.5. The van der Waals surface area contributed by atoms with Crippen molar-refractivity contribution in [3.8, 4) is 0 Å². The quantitative estimate of drug-likeness (QED) is 0.840. The molecule has 1 saturated heterocycles. The van der Waals surface area contributed by atoms with Crippen molar-refractivity contribution < 1.29 is 9.53 Å². The van der Waals surface area contributed by atoms with Gasteiger partial charge in [-0.25, -0.2) is 0 Å². The molecule has 1 heterocycles. The molecule has 2 aromatic rings. The summed E-state index contributed by atoms with van der Waals surface area (Å²) in [5, 5.41) is 3.64. The molecule has 0 saturated carbocycles. The van der Waals surface area contributed by atoms with Crippen LogP contribution in [0.5, 0.6) is 0 Å². The molecule has 4 nitrogen and oxygen atoms in total. The highest BCUT2D eigenvalue weighted by Gasteiger charge is 2.23. The molecule has 0 radical (unpaired) electrons. The van der Waals surface area contributed by atoms with E-state index in [-0.39, 0.29) is 11.9 Å². The Morgan fingerprint density at radius 2 is 1.92 bits per heavy atom. The Balaban J connectivity index is 1.73. The zero-order valence-electron chi connectivity index (χ0n) is 15.1. The summed E-state index contributed by atoms with van der Waals surface area (Å²) in [6.07, 6.45) is 1.02. The van der Waals surface area contributed by atoms with Crippen molar-refractivity contribution in [2.24, 2.45) is 0 Å². The standard InChI is InChI=1S/C21H25ClN2O2/c1-2-16-6-8-17(9-7-16)20(24-10-12-26-13-11-24)15-23-21(25)18-4-3-5-19(22)14-18/h3-9,14,20H,2,10-13,15H2,1H3,(H,23,25). The molecule has 0 aliphatic carbocycles. The van der Waals surface area contributed by atoms with Crippen LogP contribution in [0, 0.1) is 0 Å². The zero-order chi connectivity index (χ0) is 18.4. The normalized spacial score (nSPS) is 16.2. The van der Waals surface area contributed by atoms with Crippen LogP contribution < -0.4 is 5.32 Å². The summed E-state index contributed by atoms with van der Waals surface area (Å²) in [5.41, 5.74) is 3.12. The molecular weight excluding hydrogens is 348 g/mol. The first kappa shape index (κ1) is 18.9. The average molecular weight is 373 g/mol. The summed E-state index contributed by atoms with van der Waals surface area (Å²) < 4.78 is 5.49. The first-order valence-corrected chi connectivity index (χ1v) is 9.49. The molecule has 26 heavy (non-hydrogen) atoms. The molecular formula is C21H25ClN2O2. The molecule has 1 amide bonds. The summed E-state index contributed by atoms with van der Waals surface area (Å²) >= 11 is 6.00. The first-order valence-electron chi connectivity index (χ1n) is 9.11. The topological polar surface area (TPSA) is 41.6 Å². The summed E-state index contributed by atoms with van der Waals surface area (Å²) in [6.45, 7) is 5.90. The molecule has 5 heteroatoms. The highest BCUT2D eigenvalue weighted by atomic mass is 35.5.